The highest BCUT2D eigenvalue weighted by atomic mass is 32.2. The highest BCUT2D eigenvalue weighted by Crippen LogP contribution is 2.21. The van der Waals surface area contributed by atoms with E-state index in [2.05, 4.69) is 5.32 Å². The molecule has 192 valence electrons. The van der Waals surface area contributed by atoms with Gasteiger partial charge in [-0.25, -0.2) is 12.8 Å². The minimum atomic E-state index is -3.92. The number of sulfonamides is 1. The highest BCUT2D eigenvalue weighted by molar-refractivity contribution is 7.92. The number of unbranched alkanes of at least 4 members (excludes halogenated alkanes) is 1. The van der Waals surface area contributed by atoms with Crippen LogP contribution in [0, 0.1) is 5.82 Å². The molecule has 0 aliphatic rings. The van der Waals surface area contributed by atoms with Crippen molar-refractivity contribution in [3.05, 3.63) is 59.9 Å². The summed E-state index contributed by atoms with van der Waals surface area (Å²) in [6.45, 7) is 3.76. The van der Waals surface area contributed by atoms with Gasteiger partial charge in [0.25, 0.3) is 0 Å². The molecule has 2 rings (SSSR count). The van der Waals surface area contributed by atoms with Gasteiger partial charge in [0.15, 0.2) is 0 Å². The minimum Gasteiger partial charge on any atom is -0.497 e. The molecule has 0 saturated heterocycles. The number of halogens is 1. The molecular formula is C25H34FN3O5S. The first-order chi connectivity index (χ1) is 16.6. The van der Waals surface area contributed by atoms with Gasteiger partial charge < -0.3 is 15.0 Å². The second-order valence-corrected chi connectivity index (χ2v) is 10.1. The Hall–Kier alpha value is -3.14. The third-order valence-electron chi connectivity index (χ3n) is 5.48. The third-order valence-corrected chi connectivity index (χ3v) is 6.62. The van der Waals surface area contributed by atoms with Crippen LogP contribution in [0.1, 0.15) is 38.7 Å². The number of amides is 2. The van der Waals surface area contributed by atoms with Gasteiger partial charge in [-0.1, -0.05) is 38.5 Å². The van der Waals surface area contributed by atoms with Gasteiger partial charge in [0, 0.05) is 13.1 Å². The largest absolute Gasteiger partial charge is 0.497 e. The third kappa shape index (κ3) is 8.24. The number of carbonyl (C=O) groups excluding carboxylic acids is 2. The van der Waals surface area contributed by atoms with E-state index in [0.29, 0.717) is 24.3 Å². The number of anilines is 1. The van der Waals surface area contributed by atoms with Crippen molar-refractivity contribution in [1.82, 2.24) is 10.2 Å². The smallest absolute Gasteiger partial charge is 0.244 e. The number of benzene rings is 2. The Bertz CT molecular complexity index is 1110. The van der Waals surface area contributed by atoms with Crippen molar-refractivity contribution in [2.75, 3.05) is 30.8 Å². The van der Waals surface area contributed by atoms with E-state index >= 15 is 0 Å². The summed E-state index contributed by atoms with van der Waals surface area (Å²) < 4.78 is 45.0. The van der Waals surface area contributed by atoms with Gasteiger partial charge in [-0.3, -0.25) is 13.9 Å². The lowest BCUT2D eigenvalue weighted by atomic mass is 10.1. The number of rotatable bonds is 13. The quantitative estimate of drug-likeness (QED) is 0.420. The van der Waals surface area contributed by atoms with E-state index in [-0.39, 0.29) is 18.1 Å². The van der Waals surface area contributed by atoms with E-state index in [1.165, 1.54) is 30.2 Å². The Balaban J connectivity index is 2.42. The fourth-order valence-corrected chi connectivity index (χ4v) is 4.48. The Morgan fingerprint density at radius 1 is 1.11 bits per heavy atom. The Morgan fingerprint density at radius 3 is 2.43 bits per heavy atom. The second-order valence-electron chi connectivity index (χ2n) is 8.19. The van der Waals surface area contributed by atoms with Crippen molar-refractivity contribution in [3.8, 4) is 5.75 Å². The van der Waals surface area contributed by atoms with Gasteiger partial charge in [-0.15, -0.1) is 0 Å². The Labute approximate surface area is 207 Å². The summed E-state index contributed by atoms with van der Waals surface area (Å²) in [6, 6.07) is 11.3. The maximum absolute atomic E-state index is 13.8. The lowest BCUT2D eigenvalue weighted by Gasteiger charge is -2.33. The molecule has 0 radical (unpaired) electrons. The molecule has 0 aromatic heterocycles. The molecule has 0 heterocycles. The molecule has 10 heteroatoms. The number of ether oxygens (including phenoxy) is 1. The minimum absolute atomic E-state index is 0.0302. The summed E-state index contributed by atoms with van der Waals surface area (Å²) in [5, 5.41) is 2.86. The molecule has 0 bridgehead atoms. The van der Waals surface area contributed by atoms with E-state index in [1.807, 2.05) is 6.92 Å². The Morgan fingerprint density at radius 2 is 1.83 bits per heavy atom. The summed E-state index contributed by atoms with van der Waals surface area (Å²) in [5.41, 5.74) is 0.747. The summed E-state index contributed by atoms with van der Waals surface area (Å²) in [5.74, 6) is -0.930. The lowest BCUT2D eigenvalue weighted by molar-refractivity contribution is -0.140. The zero-order valence-electron chi connectivity index (χ0n) is 20.7. The first kappa shape index (κ1) is 28.1. The van der Waals surface area contributed by atoms with Crippen LogP contribution in [-0.4, -0.2) is 57.6 Å². The van der Waals surface area contributed by atoms with Gasteiger partial charge >= 0.3 is 0 Å². The summed E-state index contributed by atoms with van der Waals surface area (Å²) >= 11 is 0. The number of methoxy groups -OCH3 is 1. The van der Waals surface area contributed by atoms with Gasteiger partial charge in [0.05, 0.1) is 19.1 Å². The number of nitrogens with zero attached hydrogens (tertiary/aromatic N) is 2. The van der Waals surface area contributed by atoms with Crippen LogP contribution in [0.3, 0.4) is 0 Å². The van der Waals surface area contributed by atoms with Crippen molar-refractivity contribution in [3.63, 3.8) is 0 Å². The van der Waals surface area contributed by atoms with Crippen LogP contribution in [0.15, 0.2) is 48.5 Å². The van der Waals surface area contributed by atoms with E-state index < -0.39 is 34.3 Å². The normalized spacial score (nSPS) is 12.0. The lowest BCUT2D eigenvalue weighted by Crippen LogP contribution is -2.52. The number of nitrogens with one attached hydrogen (secondary N) is 1. The van der Waals surface area contributed by atoms with Gasteiger partial charge in [-0.05, 0) is 48.7 Å². The van der Waals surface area contributed by atoms with E-state index in [9.17, 15) is 22.4 Å². The molecule has 1 unspecified atom stereocenters. The van der Waals surface area contributed by atoms with Crippen LogP contribution < -0.4 is 14.4 Å². The fraction of sp³-hybridized carbons (Fsp3) is 0.440. The maximum atomic E-state index is 13.8. The number of hydrogen-bond acceptors (Lipinski definition) is 5. The monoisotopic (exact) mass is 507 g/mol. The van der Waals surface area contributed by atoms with Crippen molar-refractivity contribution >= 4 is 27.5 Å². The average Bonchev–Trinajstić information content (AvgIpc) is 2.81. The van der Waals surface area contributed by atoms with E-state index in [0.717, 1.165) is 29.5 Å². The summed E-state index contributed by atoms with van der Waals surface area (Å²) in [4.78, 5) is 27.9. The van der Waals surface area contributed by atoms with Crippen LogP contribution in [0.4, 0.5) is 10.1 Å². The molecule has 0 aliphatic carbocycles. The van der Waals surface area contributed by atoms with Crippen molar-refractivity contribution in [1.29, 1.82) is 0 Å². The molecular weight excluding hydrogens is 473 g/mol. The van der Waals surface area contributed by atoms with Gasteiger partial charge in [0.1, 0.15) is 24.2 Å². The molecule has 0 spiro atoms. The van der Waals surface area contributed by atoms with Crippen molar-refractivity contribution in [2.45, 2.75) is 45.7 Å². The summed E-state index contributed by atoms with van der Waals surface area (Å²) in [7, 11) is -2.39. The van der Waals surface area contributed by atoms with Crippen LogP contribution >= 0.6 is 0 Å². The van der Waals surface area contributed by atoms with Gasteiger partial charge in [-0.2, -0.15) is 0 Å². The molecule has 0 aliphatic heterocycles. The molecule has 8 nitrogen and oxygen atoms in total. The molecule has 35 heavy (non-hydrogen) atoms. The highest BCUT2D eigenvalue weighted by Gasteiger charge is 2.31. The SMILES string of the molecule is CCCCNC(=O)C(CC)N(Cc1cccc(OC)c1)C(=O)CN(c1cccc(F)c1)S(C)(=O)=O. The van der Waals surface area contributed by atoms with E-state index in [1.54, 1.807) is 31.2 Å². The zero-order chi connectivity index (χ0) is 26.0. The molecule has 2 aromatic carbocycles. The zero-order valence-corrected chi connectivity index (χ0v) is 21.5. The average molecular weight is 508 g/mol. The molecule has 1 N–H and O–H groups in total. The molecule has 0 saturated carbocycles. The molecule has 2 aromatic rings. The standard InChI is InChI=1S/C25H34FN3O5S/c1-5-7-14-27-25(31)23(6-2)28(17-19-10-8-13-22(15-19)34-3)24(30)18-29(35(4,32)33)21-12-9-11-20(26)16-21/h8-13,15-16,23H,5-7,14,17-18H2,1-4H3,(H,27,31). The molecule has 2 amide bonds. The first-order valence-electron chi connectivity index (χ1n) is 11.5. The van der Waals surface area contributed by atoms with Crippen molar-refractivity contribution < 1.29 is 27.1 Å². The summed E-state index contributed by atoms with van der Waals surface area (Å²) in [6.07, 6.45) is 2.98. The van der Waals surface area contributed by atoms with Crippen LogP contribution in [0.5, 0.6) is 5.75 Å². The van der Waals surface area contributed by atoms with Crippen LogP contribution in [0.2, 0.25) is 0 Å². The topological polar surface area (TPSA) is 96.0 Å². The van der Waals surface area contributed by atoms with Crippen LogP contribution in [0.25, 0.3) is 0 Å². The first-order valence-corrected chi connectivity index (χ1v) is 13.4. The van der Waals surface area contributed by atoms with Gasteiger partial charge in [0.2, 0.25) is 21.8 Å². The predicted molar refractivity (Wildman–Crippen MR) is 134 cm³/mol. The fourth-order valence-electron chi connectivity index (χ4n) is 3.64. The van der Waals surface area contributed by atoms with Crippen LogP contribution in [-0.2, 0) is 26.2 Å². The van der Waals surface area contributed by atoms with E-state index in [4.69, 9.17) is 4.74 Å². The number of hydrogen-bond donors (Lipinski definition) is 1. The molecule has 0 fully saturated rings. The molecule has 1 atom stereocenters. The second kappa shape index (κ2) is 13.1. The number of carbonyl (C=O) groups is 2. The Kier molecular flexibility index (Phi) is 10.5. The maximum Gasteiger partial charge on any atom is 0.244 e. The predicted octanol–water partition coefficient (Wildman–Crippen LogP) is 3.32. The van der Waals surface area contributed by atoms with Crippen molar-refractivity contribution in [2.24, 2.45) is 0 Å².